The number of hydrogen-bond donors (Lipinski definition) is 2. The Bertz CT molecular complexity index is 734. The lowest BCUT2D eigenvalue weighted by Crippen LogP contribution is -2.03. The molecule has 0 atom stereocenters. The van der Waals surface area contributed by atoms with E-state index in [2.05, 4.69) is 5.32 Å². The lowest BCUT2D eigenvalue weighted by Gasteiger charge is -2.09. The van der Waals surface area contributed by atoms with E-state index < -0.39 is 28.2 Å². The van der Waals surface area contributed by atoms with Crippen LogP contribution in [0.25, 0.3) is 0 Å². The summed E-state index contributed by atoms with van der Waals surface area (Å²) < 4.78 is 26.6. The lowest BCUT2D eigenvalue weighted by atomic mass is 10.1. The predicted molar refractivity (Wildman–Crippen MR) is 69.7 cm³/mol. The molecule has 0 unspecified atom stereocenters. The highest BCUT2D eigenvalue weighted by Crippen LogP contribution is 2.30. The van der Waals surface area contributed by atoms with E-state index >= 15 is 0 Å². The molecule has 0 amide bonds. The molecular formula is C13H8F2N2O4. The normalized spacial score (nSPS) is 10.2. The molecular weight excluding hydrogens is 286 g/mol. The number of nitro benzene ring substituents is 1. The zero-order valence-electron chi connectivity index (χ0n) is 10.3. The van der Waals surface area contributed by atoms with E-state index in [9.17, 15) is 23.7 Å². The predicted octanol–water partition coefficient (Wildman–Crippen LogP) is 3.31. The van der Waals surface area contributed by atoms with Crippen LogP contribution < -0.4 is 5.32 Å². The Labute approximate surface area is 116 Å². The number of carboxylic acids is 1. The number of halogens is 2. The van der Waals surface area contributed by atoms with Gasteiger partial charge in [0, 0.05) is 12.1 Å². The number of carbonyl (C=O) groups is 1. The molecule has 2 N–H and O–H groups in total. The zero-order valence-corrected chi connectivity index (χ0v) is 10.3. The fourth-order valence-corrected chi connectivity index (χ4v) is 1.67. The third-order valence-electron chi connectivity index (χ3n) is 2.64. The standard InChI is InChI=1S/C13H8F2N2O4/c14-8-2-3-9(15)10(6-8)16-11-5-7(13(18)19)1-4-12(11)17(20)21/h1-6,16H,(H,18,19). The summed E-state index contributed by atoms with van der Waals surface area (Å²) in [5.74, 6) is -2.87. The molecule has 0 radical (unpaired) electrons. The average molecular weight is 294 g/mol. The monoisotopic (exact) mass is 294 g/mol. The van der Waals surface area contributed by atoms with Crippen LogP contribution in [-0.4, -0.2) is 16.0 Å². The fraction of sp³-hybridized carbons (Fsp3) is 0. The largest absolute Gasteiger partial charge is 0.478 e. The van der Waals surface area contributed by atoms with Crippen LogP contribution in [0.3, 0.4) is 0 Å². The number of rotatable bonds is 4. The molecule has 21 heavy (non-hydrogen) atoms. The van der Waals surface area contributed by atoms with E-state index in [1.807, 2.05) is 0 Å². The van der Waals surface area contributed by atoms with Crippen LogP contribution in [0.15, 0.2) is 36.4 Å². The Morgan fingerprint density at radius 2 is 1.86 bits per heavy atom. The molecule has 0 aromatic heterocycles. The Hall–Kier alpha value is -3.03. The first-order valence-electron chi connectivity index (χ1n) is 5.62. The van der Waals surface area contributed by atoms with Gasteiger partial charge in [0.1, 0.15) is 17.3 Å². The van der Waals surface area contributed by atoms with Crippen molar-refractivity contribution in [2.45, 2.75) is 0 Å². The van der Waals surface area contributed by atoms with E-state index in [0.717, 1.165) is 36.4 Å². The molecule has 0 bridgehead atoms. The molecule has 8 heteroatoms. The Balaban J connectivity index is 2.50. The van der Waals surface area contributed by atoms with Crippen molar-refractivity contribution in [3.8, 4) is 0 Å². The lowest BCUT2D eigenvalue weighted by molar-refractivity contribution is -0.383. The number of hydrogen-bond acceptors (Lipinski definition) is 4. The van der Waals surface area contributed by atoms with Crippen molar-refractivity contribution < 1.29 is 23.6 Å². The first kappa shape index (κ1) is 14.4. The van der Waals surface area contributed by atoms with Gasteiger partial charge in [-0.15, -0.1) is 0 Å². The van der Waals surface area contributed by atoms with Crippen molar-refractivity contribution >= 4 is 23.0 Å². The summed E-state index contributed by atoms with van der Waals surface area (Å²) in [6.45, 7) is 0. The summed E-state index contributed by atoms with van der Waals surface area (Å²) in [6, 6.07) is 5.56. The van der Waals surface area contributed by atoms with Gasteiger partial charge in [-0.1, -0.05) is 0 Å². The van der Waals surface area contributed by atoms with Crippen molar-refractivity contribution in [3.05, 3.63) is 63.7 Å². The Morgan fingerprint density at radius 3 is 2.48 bits per heavy atom. The summed E-state index contributed by atoms with van der Waals surface area (Å²) in [7, 11) is 0. The minimum absolute atomic E-state index is 0.222. The van der Waals surface area contributed by atoms with Crippen LogP contribution in [0.4, 0.5) is 25.8 Å². The smallest absolute Gasteiger partial charge is 0.335 e. The van der Waals surface area contributed by atoms with Crippen LogP contribution in [0.5, 0.6) is 0 Å². The average Bonchev–Trinajstić information content (AvgIpc) is 2.42. The SMILES string of the molecule is O=C(O)c1ccc([N+](=O)[O-])c(Nc2cc(F)ccc2F)c1. The second kappa shape index (κ2) is 5.53. The minimum Gasteiger partial charge on any atom is -0.478 e. The summed E-state index contributed by atoms with van der Waals surface area (Å²) in [5.41, 5.74) is -1.26. The van der Waals surface area contributed by atoms with E-state index in [1.54, 1.807) is 0 Å². The molecule has 108 valence electrons. The topological polar surface area (TPSA) is 92.5 Å². The maximum Gasteiger partial charge on any atom is 0.335 e. The maximum atomic E-state index is 13.5. The molecule has 0 aliphatic heterocycles. The zero-order chi connectivity index (χ0) is 15.6. The molecule has 0 aliphatic carbocycles. The summed E-state index contributed by atoms with van der Waals surface area (Å²) >= 11 is 0. The first-order valence-corrected chi connectivity index (χ1v) is 5.62. The number of benzene rings is 2. The second-order valence-corrected chi connectivity index (χ2v) is 4.04. The number of carboxylic acid groups (broad SMARTS) is 1. The minimum atomic E-state index is -1.30. The van der Waals surface area contributed by atoms with Gasteiger partial charge in [-0.05, 0) is 24.3 Å². The van der Waals surface area contributed by atoms with Gasteiger partial charge in [0.25, 0.3) is 5.69 Å². The van der Waals surface area contributed by atoms with Crippen molar-refractivity contribution in [2.24, 2.45) is 0 Å². The summed E-state index contributed by atoms with van der Waals surface area (Å²) in [5, 5.41) is 22.1. The highest BCUT2D eigenvalue weighted by molar-refractivity contribution is 5.90. The van der Waals surface area contributed by atoms with Crippen LogP contribution in [0, 0.1) is 21.7 Å². The number of nitrogens with zero attached hydrogens (tertiary/aromatic N) is 1. The van der Waals surface area contributed by atoms with E-state index in [1.165, 1.54) is 0 Å². The molecule has 0 heterocycles. The van der Waals surface area contributed by atoms with Crippen LogP contribution in [-0.2, 0) is 0 Å². The second-order valence-electron chi connectivity index (χ2n) is 4.04. The van der Waals surface area contributed by atoms with Crippen molar-refractivity contribution in [2.75, 3.05) is 5.32 Å². The highest BCUT2D eigenvalue weighted by Gasteiger charge is 2.18. The van der Waals surface area contributed by atoms with Crippen molar-refractivity contribution in [3.63, 3.8) is 0 Å². The fourth-order valence-electron chi connectivity index (χ4n) is 1.67. The Morgan fingerprint density at radius 1 is 1.14 bits per heavy atom. The van der Waals surface area contributed by atoms with E-state index in [4.69, 9.17) is 5.11 Å². The van der Waals surface area contributed by atoms with Gasteiger partial charge in [-0.2, -0.15) is 0 Å². The summed E-state index contributed by atoms with van der Waals surface area (Å²) in [4.78, 5) is 21.0. The van der Waals surface area contributed by atoms with Crippen LogP contribution in [0.2, 0.25) is 0 Å². The molecule has 0 saturated carbocycles. The number of aromatic carboxylic acids is 1. The number of nitro groups is 1. The third kappa shape index (κ3) is 3.11. The molecule has 0 fully saturated rings. The third-order valence-corrected chi connectivity index (χ3v) is 2.64. The first-order chi connectivity index (χ1) is 9.88. The quantitative estimate of drug-likeness (QED) is 0.666. The van der Waals surface area contributed by atoms with Gasteiger partial charge in [0.05, 0.1) is 16.2 Å². The van der Waals surface area contributed by atoms with Crippen LogP contribution >= 0.6 is 0 Å². The molecule has 6 nitrogen and oxygen atoms in total. The molecule has 2 aromatic carbocycles. The van der Waals surface area contributed by atoms with Gasteiger partial charge >= 0.3 is 5.97 Å². The molecule has 0 spiro atoms. The van der Waals surface area contributed by atoms with Crippen molar-refractivity contribution in [1.82, 2.24) is 0 Å². The maximum absolute atomic E-state index is 13.5. The van der Waals surface area contributed by atoms with Gasteiger partial charge in [-0.3, -0.25) is 10.1 Å². The van der Waals surface area contributed by atoms with Crippen molar-refractivity contribution in [1.29, 1.82) is 0 Å². The van der Waals surface area contributed by atoms with Gasteiger partial charge < -0.3 is 10.4 Å². The molecule has 2 aromatic rings. The number of nitrogens with one attached hydrogen (secondary N) is 1. The number of anilines is 2. The van der Waals surface area contributed by atoms with Gasteiger partial charge in [-0.25, -0.2) is 13.6 Å². The molecule has 0 aliphatic rings. The van der Waals surface area contributed by atoms with Gasteiger partial charge in [0.2, 0.25) is 0 Å². The highest BCUT2D eigenvalue weighted by atomic mass is 19.1. The van der Waals surface area contributed by atoms with Crippen LogP contribution in [0.1, 0.15) is 10.4 Å². The summed E-state index contributed by atoms with van der Waals surface area (Å²) in [6.07, 6.45) is 0. The van der Waals surface area contributed by atoms with Gasteiger partial charge in [0.15, 0.2) is 0 Å². The molecule has 2 rings (SSSR count). The van der Waals surface area contributed by atoms with E-state index in [0.29, 0.717) is 0 Å². The molecule has 0 saturated heterocycles. The Kier molecular flexibility index (Phi) is 3.79. The van der Waals surface area contributed by atoms with E-state index in [-0.39, 0.29) is 16.9 Å².